The van der Waals surface area contributed by atoms with Gasteiger partial charge in [-0.25, -0.2) is 0 Å². The fourth-order valence-electron chi connectivity index (χ4n) is 9.43. The van der Waals surface area contributed by atoms with Gasteiger partial charge in [-0.05, 0) is 59.8 Å². The van der Waals surface area contributed by atoms with E-state index in [0.717, 1.165) is 0 Å². The number of hydrogen-bond acceptors (Lipinski definition) is 7. The number of fused-ring (bicyclic) bond motifs is 4. The molecule has 4 rings (SSSR count). The molecule has 2 fully saturated rings. The summed E-state index contributed by atoms with van der Waals surface area (Å²) in [5, 5.41) is 53.6. The van der Waals surface area contributed by atoms with Gasteiger partial charge in [0.25, 0.3) is 0 Å². The van der Waals surface area contributed by atoms with Gasteiger partial charge >= 0.3 is 5.97 Å². The van der Waals surface area contributed by atoms with Crippen molar-refractivity contribution in [1.82, 2.24) is 0 Å². The van der Waals surface area contributed by atoms with Crippen molar-refractivity contribution < 1.29 is 39.9 Å². The third-order valence-corrected chi connectivity index (χ3v) is 11.9. The van der Waals surface area contributed by atoms with Crippen LogP contribution < -0.4 is 0 Å². The zero-order valence-electron chi connectivity index (χ0n) is 23.7. The zero-order valence-corrected chi connectivity index (χ0v) is 23.7. The average molecular weight is 535 g/mol. The fourth-order valence-corrected chi connectivity index (χ4v) is 9.43. The molecule has 0 bridgehead atoms. The number of carbonyl (C=O) groups is 3. The summed E-state index contributed by atoms with van der Waals surface area (Å²) in [6.45, 7) is 11.0. The molecule has 0 saturated heterocycles. The molecule has 0 radical (unpaired) electrons. The number of carboxylic acids is 1. The molecule has 38 heavy (non-hydrogen) atoms. The Morgan fingerprint density at radius 1 is 1.00 bits per heavy atom. The minimum Gasteiger partial charge on any atom is -0.481 e. The highest BCUT2D eigenvalue weighted by Crippen LogP contribution is 2.71. The van der Waals surface area contributed by atoms with Crippen LogP contribution in [0.4, 0.5) is 0 Å². The molecule has 4 aliphatic rings. The van der Waals surface area contributed by atoms with Crippen LogP contribution in [0.15, 0.2) is 11.1 Å². The van der Waals surface area contributed by atoms with Crippen LogP contribution >= 0.6 is 0 Å². The number of ketones is 2. The van der Waals surface area contributed by atoms with Crippen LogP contribution in [-0.2, 0) is 14.4 Å². The smallest absolute Gasteiger partial charge is 0.306 e. The van der Waals surface area contributed by atoms with Crippen molar-refractivity contribution in [1.29, 1.82) is 0 Å². The van der Waals surface area contributed by atoms with Gasteiger partial charge in [-0.1, -0.05) is 41.5 Å². The summed E-state index contributed by atoms with van der Waals surface area (Å²) in [6.07, 6.45) is -0.553. The largest absolute Gasteiger partial charge is 0.481 e. The Hall–Kier alpha value is -1.61. The van der Waals surface area contributed by atoms with E-state index in [1.807, 2.05) is 34.6 Å². The van der Waals surface area contributed by atoms with Crippen LogP contribution in [0.25, 0.3) is 0 Å². The van der Waals surface area contributed by atoms with Crippen molar-refractivity contribution in [3.63, 3.8) is 0 Å². The topological polar surface area (TPSA) is 152 Å². The predicted molar refractivity (Wildman–Crippen MR) is 140 cm³/mol. The first-order valence-corrected chi connectivity index (χ1v) is 14.2. The highest BCUT2D eigenvalue weighted by Gasteiger charge is 2.70. The summed E-state index contributed by atoms with van der Waals surface area (Å²) in [6, 6.07) is 0. The molecule has 214 valence electrons. The van der Waals surface area contributed by atoms with Gasteiger partial charge < -0.3 is 25.5 Å². The molecule has 0 aromatic heterocycles. The predicted octanol–water partition coefficient (Wildman–Crippen LogP) is 2.90. The van der Waals surface area contributed by atoms with E-state index in [4.69, 9.17) is 0 Å². The molecule has 8 nitrogen and oxygen atoms in total. The first kappa shape index (κ1) is 29.4. The van der Waals surface area contributed by atoms with E-state index in [-0.39, 0.29) is 55.2 Å². The third-order valence-electron chi connectivity index (χ3n) is 11.9. The van der Waals surface area contributed by atoms with Crippen molar-refractivity contribution in [2.24, 2.45) is 45.3 Å². The van der Waals surface area contributed by atoms with Crippen LogP contribution in [0.3, 0.4) is 0 Å². The van der Waals surface area contributed by atoms with Crippen molar-refractivity contribution in [2.45, 2.75) is 105 Å². The van der Waals surface area contributed by atoms with E-state index in [1.165, 1.54) is 6.92 Å². The number of aliphatic hydroxyl groups excluding tert-OH is 4. The summed E-state index contributed by atoms with van der Waals surface area (Å²) in [7, 11) is 0. The molecule has 0 amide bonds. The first-order valence-electron chi connectivity index (χ1n) is 14.2. The highest BCUT2D eigenvalue weighted by molar-refractivity contribution is 6.00. The maximum Gasteiger partial charge on any atom is 0.306 e. The normalized spacial score (nSPS) is 46.2. The highest BCUT2D eigenvalue weighted by atomic mass is 16.4. The molecule has 11 atom stereocenters. The lowest BCUT2D eigenvalue weighted by molar-refractivity contribution is -0.151. The van der Waals surface area contributed by atoms with E-state index in [9.17, 15) is 39.9 Å². The summed E-state index contributed by atoms with van der Waals surface area (Å²) in [5.74, 6) is -2.61. The van der Waals surface area contributed by atoms with Gasteiger partial charge in [-0.2, -0.15) is 0 Å². The van der Waals surface area contributed by atoms with E-state index in [1.54, 1.807) is 0 Å². The lowest BCUT2D eigenvalue weighted by Gasteiger charge is -2.62. The van der Waals surface area contributed by atoms with Gasteiger partial charge in [0.1, 0.15) is 5.78 Å². The maximum atomic E-state index is 14.1. The third kappa shape index (κ3) is 3.88. The Bertz CT molecular complexity index is 1050. The Morgan fingerprint density at radius 2 is 1.63 bits per heavy atom. The van der Waals surface area contributed by atoms with Crippen LogP contribution in [0.1, 0.15) is 86.5 Å². The molecule has 0 aliphatic heterocycles. The number of hydrogen-bond donors (Lipinski definition) is 5. The SMILES string of the molecule is CC(CC(=O)C[C@@H](C)[C@H]1C[C@H](O)[C@@]2(C)C3=C(C(=O)C[C@]12C)[C@@]1(C)CC[C@H](O)[C@@](C)(CO)[C@@H]1C[C@@H]3O)C(=O)O. The molecular weight excluding hydrogens is 488 g/mol. The summed E-state index contributed by atoms with van der Waals surface area (Å²) in [5.41, 5.74) is -1.89. The van der Waals surface area contributed by atoms with E-state index in [0.29, 0.717) is 36.8 Å². The van der Waals surface area contributed by atoms with Crippen LogP contribution in [0.2, 0.25) is 0 Å². The van der Waals surface area contributed by atoms with Crippen molar-refractivity contribution in [3.8, 4) is 0 Å². The number of carboxylic acid groups (broad SMARTS) is 1. The van der Waals surface area contributed by atoms with Gasteiger partial charge in [-0.15, -0.1) is 0 Å². The van der Waals surface area contributed by atoms with Crippen molar-refractivity contribution in [3.05, 3.63) is 11.1 Å². The quantitative estimate of drug-likeness (QED) is 0.334. The van der Waals surface area contributed by atoms with Gasteiger partial charge in [-0.3, -0.25) is 14.4 Å². The Kier molecular flexibility index (Phi) is 7.34. The first-order chi connectivity index (χ1) is 17.5. The Labute approximate surface area is 225 Å². The molecule has 1 unspecified atom stereocenters. The number of aliphatic carboxylic acids is 1. The Balaban J connectivity index is 1.75. The maximum absolute atomic E-state index is 14.1. The average Bonchev–Trinajstić information content (AvgIpc) is 3.03. The van der Waals surface area contributed by atoms with E-state index < -0.39 is 51.9 Å². The number of rotatable bonds is 7. The second kappa shape index (κ2) is 9.50. The van der Waals surface area contributed by atoms with Gasteiger partial charge in [0.15, 0.2) is 5.78 Å². The Morgan fingerprint density at radius 3 is 2.21 bits per heavy atom. The second-order valence-corrected chi connectivity index (χ2v) is 14.0. The van der Waals surface area contributed by atoms with Crippen LogP contribution in [0.5, 0.6) is 0 Å². The summed E-state index contributed by atoms with van der Waals surface area (Å²) >= 11 is 0. The molecule has 0 aromatic rings. The number of allylic oxidation sites excluding steroid dienone is 1. The molecule has 8 heteroatoms. The number of aliphatic hydroxyl groups is 4. The second-order valence-electron chi connectivity index (χ2n) is 14.0. The molecule has 0 aromatic carbocycles. The zero-order chi connectivity index (χ0) is 28.6. The fraction of sp³-hybridized carbons (Fsp3) is 0.833. The van der Waals surface area contributed by atoms with E-state index >= 15 is 0 Å². The monoisotopic (exact) mass is 534 g/mol. The van der Waals surface area contributed by atoms with Crippen LogP contribution in [0, 0.1) is 45.3 Å². The molecular formula is C30H46O8. The van der Waals surface area contributed by atoms with Crippen molar-refractivity contribution >= 4 is 17.5 Å². The molecule has 0 spiro atoms. The van der Waals surface area contributed by atoms with Gasteiger partial charge in [0.2, 0.25) is 0 Å². The molecule has 0 heterocycles. The van der Waals surface area contributed by atoms with Gasteiger partial charge in [0, 0.05) is 35.7 Å². The summed E-state index contributed by atoms with van der Waals surface area (Å²) < 4.78 is 0. The number of carbonyl (C=O) groups excluding carboxylic acids is 2. The number of Topliss-reactive ketones (excluding diaryl/α,β-unsaturated/α-hetero) is 2. The van der Waals surface area contributed by atoms with Crippen LogP contribution in [-0.4, -0.2) is 68.0 Å². The van der Waals surface area contributed by atoms with Crippen molar-refractivity contribution in [2.75, 3.05) is 6.61 Å². The standard InChI is InChI=1S/C30H46O8/c1-15(9-17(32)10-16(2)26(37)38)18-11-23(36)30(6)25-19(33)12-21-27(3,8-7-22(35)28(21,4)14-31)24(25)20(34)13-29(18,30)5/h15-16,18-19,21-23,31,33,35-36H,7-14H2,1-6H3,(H,37,38)/t15-,16?,18-,19+,21-,22+,23+,27+,28+,29-,30+/m1/s1. The lowest BCUT2D eigenvalue weighted by atomic mass is 9.42. The molecule has 5 N–H and O–H groups in total. The minimum absolute atomic E-state index is 0.0505. The molecule has 4 aliphatic carbocycles. The van der Waals surface area contributed by atoms with Gasteiger partial charge in [0.05, 0.1) is 30.8 Å². The lowest BCUT2D eigenvalue weighted by Crippen LogP contribution is -2.62. The summed E-state index contributed by atoms with van der Waals surface area (Å²) in [4.78, 5) is 38.1. The van der Waals surface area contributed by atoms with E-state index in [2.05, 4.69) is 0 Å². The minimum atomic E-state index is -1.01. The molecule has 2 saturated carbocycles.